The van der Waals surface area contributed by atoms with E-state index >= 15 is 0 Å². The van der Waals surface area contributed by atoms with Crippen molar-refractivity contribution in [2.24, 2.45) is 5.10 Å². The molecule has 0 bridgehead atoms. The van der Waals surface area contributed by atoms with Crippen LogP contribution < -0.4 is 10.3 Å². The van der Waals surface area contributed by atoms with E-state index in [-0.39, 0.29) is 18.4 Å². The van der Waals surface area contributed by atoms with Crippen LogP contribution in [0.15, 0.2) is 53.8 Å². The van der Waals surface area contributed by atoms with E-state index in [9.17, 15) is 14.7 Å². The van der Waals surface area contributed by atoms with E-state index in [4.69, 9.17) is 0 Å². The molecule has 1 saturated heterocycles. The number of carbonyl (C=O) groups is 2. The largest absolute Gasteiger partial charge is 0.480 e. The first kappa shape index (κ1) is 18.9. The molecule has 0 spiro atoms. The molecule has 1 atom stereocenters. The Kier molecular flexibility index (Phi) is 5.37. The highest BCUT2D eigenvalue weighted by Crippen LogP contribution is 2.26. The van der Waals surface area contributed by atoms with Gasteiger partial charge in [-0.05, 0) is 37.1 Å². The van der Waals surface area contributed by atoms with Crippen LogP contribution in [0, 0.1) is 0 Å². The minimum absolute atomic E-state index is 0.0981. The summed E-state index contributed by atoms with van der Waals surface area (Å²) >= 11 is 0. The maximum Gasteiger partial charge on any atom is 0.328 e. The maximum atomic E-state index is 12.9. The Morgan fingerprint density at radius 3 is 2.48 bits per heavy atom. The monoisotopic (exact) mass is 394 g/mol. The van der Waals surface area contributed by atoms with E-state index in [0.29, 0.717) is 24.5 Å². The van der Waals surface area contributed by atoms with Gasteiger partial charge in [0.2, 0.25) is 0 Å². The Labute approximate surface area is 168 Å². The number of benzene rings is 1. The molecule has 0 radical (unpaired) electrons. The molecule has 4 rings (SSSR count). The lowest BCUT2D eigenvalue weighted by Crippen LogP contribution is -2.45. The summed E-state index contributed by atoms with van der Waals surface area (Å²) in [6.45, 7) is 1.16. The molecule has 2 N–H and O–H groups in total. The maximum absolute atomic E-state index is 12.9. The third-order valence-electron chi connectivity index (χ3n) is 5.17. The van der Waals surface area contributed by atoms with Crippen LogP contribution in [0.1, 0.15) is 19.3 Å². The molecule has 3 heterocycles. The Morgan fingerprint density at radius 2 is 1.83 bits per heavy atom. The molecule has 9 nitrogen and oxygen atoms in total. The van der Waals surface area contributed by atoms with E-state index in [1.165, 1.54) is 5.01 Å². The van der Waals surface area contributed by atoms with Crippen LogP contribution in [0.3, 0.4) is 0 Å². The molecule has 0 saturated carbocycles. The molecule has 2 aromatic rings. The van der Waals surface area contributed by atoms with Crippen molar-refractivity contribution in [3.05, 3.63) is 48.7 Å². The molecule has 1 amide bonds. The third-order valence-corrected chi connectivity index (χ3v) is 5.17. The summed E-state index contributed by atoms with van der Waals surface area (Å²) in [5, 5.41) is 26.6. The molecule has 2 aliphatic heterocycles. The van der Waals surface area contributed by atoms with Crippen molar-refractivity contribution >= 4 is 29.1 Å². The Morgan fingerprint density at radius 1 is 1.07 bits per heavy atom. The second-order valence-corrected chi connectivity index (χ2v) is 7.10. The molecular weight excluding hydrogens is 372 g/mol. The number of para-hydroxylation sites is 1. The van der Waals surface area contributed by atoms with Crippen molar-refractivity contribution in [3.63, 3.8) is 0 Å². The lowest BCUT2D eigenvalue weighted by molar-refractivity contribution is -0.138. The summed E-state index contributed by atoms with van der Waals surface area (Å²) < 4.78 is 0. The van der Waals surface area contributed by atoms with E-state index in [2.05, 4.69) is 20.6 Å². The minimum atomic E-state index is -0.993. The highest BCUT2D eigenvalue weighted by atomic mass is 16.4. The van der Waals surface area contributed by atoms with Crippen molar-refractivity contribution < 1.29 is 14.7 Å². The van der Waals surface area contributed by atoms with Gasteiger partial charge in [0.25, 0.3) is 5.91 Å². The normalized spacial score (nSPS) is 19.7. The van der Waals surface area contributed by atoms with Crippen LogP contribution in [0.5, 0.6) is 0 Å². The number of likely N-dealkylation sites (tertiary alicyclic amines) is 1. The van der Waals surface area contributed by atoms with Crippen molar-refractivity contribution in [3.8, 4) is 0 Å². The topological polar surface area (TPSA) is 111 Å². The number of carboxylic acid groups (broad SMARTS) is 1. The first-order chi connectivity index (χ1) is 14.1. The lowest BCUT2D eigenvalue weighted by Gasteiger charge is -2.32. The number of nitrogens with zero attached hydrogens (tertiary/aromatic N) is 5. The molecule has 1 fully saturated rings. The van der Waals surface area contributed by atoms with Gasteiger partial charge in [-0.3, -0.25) is 9.80 Å². The van der Waals surface area contributed by atoms with Gasteiger partial charge >= 0.3 is 5.97 Å². The smallest absolute Gasteiger partial charge is 0.328 e. The van der Waals surface area contributed by atoms with Gasteiger partial charge < -0.3 is 15.3 Å². The standard InChI is InChI=1S/C20H22N6O3/c27-19(25-11-8-14(9-12-25)22-18-7-4-10-21-23-18)16-13-17(20(28)29)26(24-16)15-5-2-1-3-6-15/h1-7,10,14,17H,8-9,11-13H2,(H,22,23)(H,28,29). The highest BCUT2D eigenvalue weighted by Gasteiger charge is 2.38. The summed E-state index contributed by atoms with van der Waals surface area (Å²) in [4.78, 5) is 26.4. The number of carbonyl (C=O) groups excluding carboxylic acids is 1. The number of hydrogen-bond donors (Lipinski definition) is 2. The summed E-state index contributed by atoms with van der Waals surface area (Å²) in [7, 11) is 0. The van der Waals surface area contributed by atoms with E-state index in [1.807, 2.05) is 30.3 Å². The van der Waals surface area contributed by atoms with Crippen LogP contribution in [-0.2, 0) is 9.59 Å². The number of aliphatic carboxylic acids is 1. The molecule has 9 heteroatoms. The summed E-state index contributed by atoms with van der Waals surface area (Å²) in [5.74, 6) is -0.458. The predicted molar refractivity (Wildman–Crippen MR) is 108 cm³/mol. The predicted octanol–water partition coefficient (Wildman–Crippen LogP) is 1.60. The van der Waals surface area contributed by atoms with Crippen molar-refractivity contribution in [1.29, 1.82) is 0 Å². The molecule has 1 aromatic carbocycles. The first-order valence-electron chi connectivity index (χ1n) is 9.60. The van der Waals surface area contributed by atoms with Crippen molar-refractivity contribution in [2.45, 2.75) is 31.3 Å². The van der Waals surface area contributed by atoms with Gasteiger partial charge in [-0.1, -0.05) is 18.2 Å². The number of nitrogens with one attached hydrogen (secondary N) is 1. The molecule has 2 aliphatic rings. The number of anilines is 2. The van der Waals surface area contributed by atoms with Crippen molar-refractivity contribution in [1.82, 2.24) is 15.1 Å². The molecule has 29 heavy (non-hydrogen) atoms. The van der Waals surface area contributed by atoms with Crippen LogP contribution in [-0.4, -0.2) is 63.0 Å². The number of carboxylic acids is 1. The van der Waals surface area contributed by atoms with Crippen LogP contribution in [0.2, 0.25) is 0 Å². The summed E-state index contributed by atoms with van der Waals surface area (Å²) in [5.41, 5.74) is 0.955. The Balaban J connectivity index is 1.40. The average Bonchev–Trinajstić information content (AvgIpc) is 3.21. The average molecular weight is 394 g/mol. The zero-order valence-electron chi connectivity index (χ0n) is 15.8. The Bertz CT molecular complexity index is 897. The van der Waals surface area contributed by atoms with Crippen LogP contribution in [0.4, 0.5) is 11.5 Å². The molecule has 1 aromatic heterocycles. The number of hydrogen-bond acceptors (Lipinski definition) is 7. The van der Waals surface area contributed by atoms with Crippen LogP contribution in [0.25, 0.3) is 0 Å². The van der Waals surface area contributed by atoms with Gasteiger partial charge in [0.05, 0.1) is 5.69 Å². The lowest BCUT2D eigenvalue weighted by atomic mass is 10.0. The van der Waals surface area contributed by atoms with Crippen LogP contribution >= 0.6 is 0 Å². The number of amides is 1. The number of rotatable bonds is 5. The van der Waals surface area contributed by atoms with Gasteiger partial charge in [0.15, 0.2) is 6.04 Å². The quantitative estimate of drug-likeness (QED) is 0.792. The summed E-state index contributed by atoms with van der Waals surface area (Å²) in [6, 6.07) is 12.1. The van der Waals surface area contributed by atoms with E-state index < -0.39 is 12.0 Å². The van der Waals surface area contributed by atoms with Gasteiger partial charge in [0.1, 0.15) is 11.5 Å². The van der Waals surface area contributed by atoms with Crippen molar-refractivity contribution in [2.75, 3.05) is 23.4 Å². The number of piperidine rings is 1. The van der Waals surface area contributed by atoms with Gasteiger partial charge in [-0.25, -0.2) is 4.79 Å². The zero-order valence-corrected chi connectivity index (χ0v) is 15.8. The SMILES string of the molecule is O=C(O)C1CC(C(=O)N2CCC(Nc3cccnn3)CC2)=NN1c1ccccc1. The first-order valence-corrected chi connectivity index (χ1v) is 9.60. The zero-order chi connectivity index (χ0) is 20.2. The molecule has 0 aliphatic carbocycles. The van der Waals surface area contributed by atoms with E-state index in [0.717, 1.165) is 18.7 Å². The van der Waals surface area contributed by atoms with Gasteiger partial charge in [-0.15, -0.1) is 5.10 Å². The molecular formula is C20H22N6O3. The third kappa shape index (κ3) is 4.18. The number of aromatic nitrogens is 2. The number of hydrazone groups is 1. The molecule has 1 unspecified atom stereocenters. The second-order valence-electron chi connectivity index (χ2n) is 7.10. The molecule has 150 valence electrons. The van der Waals surface area contributed by atoms with E-state index in [1.54, 1.807) is 23.2 Å². The van der Waals surface area contributed by atoms with Gasteiger partial charge in [0, 0.05) is 31.7 Å². The fourth-order valence-electron chi connectivity index (χ4n) is 3.65. The van der Waals surface area contributed by atoms with Gasteiger partial charge in [-0.2, -0.15) is 10.2 Å². The second kappa shape index (κ2) is 8.26. The highest BCUT2D eigenvalue weighted by molar-refractivity contribution is 6.40. The fraction of sp³-hybridized carbons (Fsp3) is 0.350. The fourth-order valence-corrected chi connectivity index (χ4v) is 3.65. The minimum Gasteiger partial charge on any atom is -0.480 e. The summed E-state index contributed by atoms with van der Waals surface area (Å²) in [6.07, 6.45) is 3.28. The Hall–Kier alpha value is -3.49.